The monoisotopic (exact) mass is 275 g/mol. The van der Waals surface area contributed by atoms with Gasteiger partial charge in [0.2, 0.25) is 5.91 Å². The van der Waals surface area contributed by atoms with Crippen LogP contribution in [-0.2, 0) is 9.53 Å². The summed E-state index contributed by atoms with van der Waals surface area (Å²) in [6.45, 7) is 0.307. The van der Waals surface area contributed by atoms with Gasteiger partial charge in [-0.1, -0.05) is 0 Å². The summed E-state index contributed by atoms with van der Waals surface area (Å²) in [5.74, 6) is 0.580. The summed E-state index contributed by atoms with van der Waals surface area (Å²) < 4.78 is 6.84. The number of nitrogens with one attached hydrogen (secondary N) is 1. The summed E-state index contributed by atoms with van der Waals surface area (Å²) in [4.78, 5) is 20.0. The third kappa shape index (κ3) is 3.62. The van der Waals surface area contributed by atoms with Gasteiger partial charge in [0.15, 0.2) is 0 Å². The van der Waals surface area contributed by atoms with Crippen molar-refractivity contribution in [3.05, 3.63) is 37.1 Å². The molecule has 1 atom stereocenters. The van der Waals surface area contributed by atoms with Crippen LogP contribution >= 0.6 is 0 Å². The molecule has 2 aromatic heterocycles. The fourth-order valence-corrected chi connectivity index (χ4v) is 1.69. The first-order chi connectivity index (χ1) is 9.72. The van der Waals surface area contributed by atoms with E-state index >= 15 is 0 Å². The minimum atomic E-state index is -0.270. The number of amides is 1. The Balaban J connectivity index is 1.95. The van der Waals surface area contributed by atoms with E-state index in [1.807, 2.05) is 0 Å². The molecule has 2 rings (SSSR count). The van der Waals surface area contributed by atoms with Crippen LogP contribution in [0.4, 0.5) is 5.69 Å². The minimum Gasteiger partial charge on any atom is -0.380 e. The fourth-order valence-electron chi connectivity index (χ4n) is 1.69. The smallest absolute Gasteiger partial charge is 0.227 e. The van der Waals surface area contributed by atoms with Crippen molar-refractivity contribution in [2.24, 2.45) is 5.73 Å². The molecule has 0 saturated carbocycles. The van der Waals surface area contributed by atoms with E-state index in [0.717, 1.165) is 5.82 Å². The normalized spacial score (nSPS) is 12.1. The highest BCUT2D eigenvalue weighted by Crippen LogP contribution is 2.10. The zero-order valence-electron chi connectivity index (χ0n) is 11.2. The van der Waals surface area contributed by atoms with Crippen molar-refractivity contribution in [3.8, 4) is 5.82 Å². The van der Waals surface area contributed by atoms with E-state index in [0.29, 0.717) is 12.2 Å². The predicted molar refractivity (Wildman–Crippen MR) is 74.5 cm³/mol. The van der Waals surface area contributed by atoms with E-state index < -0.39 is 0 Å². The van der Waals surface area contributed by atoms with E-state index in [9.17, 15) is 4.79 Å². The molecule has 2 aromatic rings. The summed E-state index contributed by atoms with van der Waals surface area (Å²) in [6.07, 6.45) is 6.67. The standard InChI is InChI=1S/C13H17N5O2/c1-20-11(7-14)6-13(19)17-10-2-3-12(16-8-10)18-5-4-15-9-18/h2-5,8-9,11H,6-7,14H2,1H3,(H,17,19). The number of imidazole rings is 1. The molecule has 0 spiro atoms. The molecular formula is C13H17N5O2. The summed E-state index contributed by atoms with van der Waals surface area (Å²) in [5.41, 5.74) is 6.10. The second-order valence-corrected chi connectivity index (χ2v) is 4.22. The van der Waals surface area contributed by atoms with Gasteiger partial charge in [0.1, 0.15) is 12.1 Å². The molecule has 0 radical (unpaired) electrons. The van der Waals surface area contributed by atoms with Crippen molar-refractivity contribution in [2.45, 2.75) is 12.5 Å². The Morgan fingerprint density at radius 2 is 2.40 bits per heavy atom. The topological polar surface area (TPSA) is 95.1 Å². The summed E-state index contributed by atoms with van der Waals surface area (Å²) >= 11 is 0. The number of ether oxygens (including phenoxy) is 1. The Kier molecular flexibility index (Phi) is 4.80. The average Bonchev–Trinajstić information content (AvgIpc) is 2.99. The van der Waals surface area contributed by atoms with E-state index in [2.05, 4.69) is 15.3 Å². The second kappa shape index (κ2) is 6.78. The highest BCUT2D eigenvalue weighted by atomic mass is 16.5. The van der Waals surface area contributed by atoms with Crippen LogP contribution in [-0.4, -0.2) is 40.2 Å². The van der Waals surface area contributed by atoms with Gasteiger partial charge in [-0.25, -0.2) is 9.97 Å². The number of methoxy groups -OCH3 is 1. The molecule has 0 aliphatic carbocycles. The number of rotatable bonds is 6. The van der Waals surface area contributed by atoms with Crippen molar-refractivity contribution in [1.82, 2.24) is 14.5 Å². The summed E-state index contributed by atoms with van der Waals surface area (Å²) in [5, 5.41) is 2.75. The number of nitrogens with two attached hydrogens (primary N) is 1. The van der Waals surface area contributed by atoms with Gasteiger partial charge in [-0.2, -0.15) is 0 Å². The molecule has 7 nitrogen and oxygen atoms in total. The van der Waals surface area contributed by atoms with Gasteiger partial charge in [-0.3, -0.25) is 9.36 Å². The van der Waals surface area contributed by atoms with Gasteiger partial charge in [-0.15, -0.1) is 0 Å². The summed E-state index contributed by atoms with van der Waals surface area (Å²) in [6, 6.07) is 3.58. The highest BCUT2D eigenvalue weighted by Gasteiger charge is 2.11. The lowest BCUT2D eigenvalue weighted by Gasteiger charge is -2.12. The van der Waals surface area contributed by atoms with Gasteiger partial charge in [0, 0.05) is 26.0 Å². The van der Waals surface area contributed by atoms with Gasteiger partial charge in [0.25, 0.3) is 0 Å². The third-order valence-corrected chi connectivity index (χ3v) is 2.81. The minimum absolute atomic E-state index is 0.153. The molecule has 0 fully saturated rings. The molecule has 0 aromatic carbocycles. The Bertz CT molecular complexity index is 534. The number of carbonyl (C=O) groups excluding carboxylic acids is 1. The molecule has 0 bridgehead atoms. The van der Waals surface area contributed by atoms with Crippen LogP contribution in [0.3, 0.4) is 0 Å². The van der Waals surface area contributed by atoms with Crippen molar-refractivity contribution in [1.29, 1.82) is 0 Å². The number of pyridine rings is 1. The molecule has 0 aliphatic heterocycles. The first-order valence-electron chi connectivity index (χ1n) is 6.20. The van der Waals surface area contributed by atoms with Crippen LogP contribution < -0.4 is 11.1 Å². The average molecular weight is 275 g/mol. The predicted octanol–water partition coefficient (Wildman–Crippen LogP) is 0.570. The lowest BCUT2D eigenvalue weighted by molar-refractivity contribution is -0.118. The number of hydrogen-bond donors (Lipinski definition) is 2. The first kappa shape index (κ1) is 14.2. The molecule has 3 N–H and O–H groups in total. The number of carbonyl (C=O) groups is 1. The first-order valence-corrected chi connectivity index (χ1v) is 6.20. The molecule has 2 heterocycles. The van der Waals surface area contributed by atoms with E-state index in [1.54, 1.807) is 41.6 Å². The lowest BCUT2D eigenvalue weighted by Crippen LogP contribution is -2.28. The molecular weight excluding hydrogens is 258 g/mol. The maximum atomic E-state index is 11.8. The van der Waals surface area contributed by atoms with Gasteiger partial charge in [0.05, 0.1) is 24.4 Å². The molecule has 7 heteroatoms. The summed E-state index contributed by atoms with van der Waals surface area (Å²) in [7, 11) is 1.53. The zero-order valence-corrected chi connectivity index (χ0v) is 11.2. The molecule has 20 heavy (non-hydrogen) atoms. The molecule has 1 amide bonds. The molecule has 106 valence electrons. The third-order valence-electron chi connectivity index (χ3n) is 2.81. The lowest BCUT2D eigenvalue weighted by atomic mass is 10.2. The van der Waals surface area contributed by atoms with E-state index in [4.69, 9.17) is 10.5 Å². The zero-order chi connectivity index (χ0) is 14.4. The Hall–Kier alpha value is -2.25. The second-order valence-electron chi connectivity index (χ2n) is 4.22. The highest BCUT2D eigenvalue weighted by molar-refractivity contribution is 5.90. The number of hydrogen-bond acceptors (Lipinski definition) is 5. The quantitative estimate of drug-likeness (QED) is 0.803. The van der Waals surface area contributed by atoms with Gasteiger partial charge in [-0.05, 0) is 12.1 Å². The van der Waals surface area contributed by atoms with Crippen LogP contribution in [0.15, 0.2) is 37.1 Å². The van der Waals surface area contributed by atoms with Gasteiger partial charge >= 0.3 is 0 Å². The van der Waals surface area contributed by atoms with Crippen molar-refractivity contribution in [2.75, 3.05) is 19.0 Å². The number of anilines is 1. The maximum Gasteiger partial charge on any atom is 0.227 e. The van der Waals surface area contributed by atoms with Crippen molar-refractivity contribution < 1.29 is 9.53 Å². The number of nitrogens with zero attached hydrogens (tertiary/aromatic N) is 3. The van der Waals surface area contributed by atoms with E-state index in [1.165, 1.54) is 7.11 Å². The van der Waals surface area contributed by atoms with Crippen LogP contribution in [0.2, 0.25) is 0 Å². The maximum absolute atomic E-state index is 11.8. The van der Waals surface area contributed by atoms with Crippen LogP contribution in [0.5, 0.6) is 0 Å². The molecule has 0 aliphatic rings. The fraction of sp³-hybridized carbons (Fsp3) is 0.308. The van der Waals surface area contributed by atoms with Crippen molar-refractivity contribution >= 4 is 11.6 Å². The van der Waals surface area contributed by atoms with Crippen LogP contribution in [0.25, 0.3) is 5.82 Å². The van der Waals surface area contributed by atoms with Gasteiger partial charge < -0.3 is 15.8 Å². The van der Waals surface area contributed by atoms with Crippen LogP contribution in [0, 0.1) is 0 Å². The molecule has 1 unspecified atom stereocenters. The largest absolute Gasteiger partial charge is 0.380 e. The van der Waals surface area contributed by atoms with Crippen molar-refractivity contribution in [3.63, 3.8) is 0 Å². The van der Waals surface area contributed by atoms with Crippen LogP contribution in [0.1, 0.15) is 6.42 Å². The Morgan fingerprint density at radius 1 is 1.55 bits per heavy atom. The van der Waals surface area contributed by atoms with E-state index in [-0.39, 0.29) is 18.4 Å². The Labute approximate surface area is 116 Å². The molecule has 0 saturated heterocycles. The Morgan fingerprint density at radius 3 is 2.95 bits per heavy atom. The SMILES string of the molecule is COC(CN)CC(=O)Nc1ccc(-n2ccnc2)nc1. The number of aromatic nitrogens is 3.